The summed E-state index contributed by atoms with van der Waals surface area (Å²) in [5.74, 6) is 1.85. The first kappa shape index (κ1) is 15.4. The van der Waals surface area contributed by atoms with Gasteiger partial charge in [0, 0.05) is 17.6 Å². The fourth-order valence-electron chi connectivity index (χ4n) is 3.07. The summed E-state index contributed by atoms with van der Waals surface area (Å²) < 4.78 is 12.4. The van der Waals surface area contributed by atoms with Crippen molar-refractivity contribution < 1.29 is 9.26 Å². The molecule has 0 amide bonds. The van der Waals surface area contributed by atoms with E-state index >= 15 is 0 Å². The largest absolute Gasteiger partial charge is 0.496 e. The number of nitrogens with zero attached hydrogens (tertiary/aromatic N) is 7. The zero-order chi connectivity index (χ0) is 18.4. The van der Waals surface area contributed by atoms with Crippen LogP contribution in [0.15, 0.2) is 47.4 Å². The molecule has 0 bridgehead atoms. The first-order valence-corrected chi connectivity index (χ1v) is 8.18. The number of aryl methyl sites for hydroxylation is 1. The van der Waals surface area contributed by atoms with E-state index in [-0.39, 0.29) is 0 Å². The molecular weight excluding hydrogens is 346 g/mol. The maximum absolute atomic E-state index is 5.57. The van der Waals surface area contributed by atoms with Gasteiger partial charge in [-0.3, -0.25) is 0 Å². The molecule has 4 aromatic heterocycles. The third kappa shape index (κ3) is 2.32. The number of hydrogen-bond acceptors (Lipinski definition) is 8. The number of methoxy groups -OCH3 is 1. The molecule has 0 atom stereocenters. The molecule has 0 spiro atoms. The van der Waals surface area contributed by atoms with Gasteiger partial charge in [-0.15, -0.1) is 10.2 Å². The first-order valence-electron chi connectivity index (χ1n) is 8.18. The smallest absolute Gasteiger partial charge is 0.207 e. The normalized spacial score (nSPS) is 11.3. The SMILES string of the molecule is COc1cccc2c1c(-c1ccncn1)nn1c(-c3cc(C)on3)nnc21. The van der Waals surface area contributed by atoms with Crippen molar-refractivity contribution in [1.82, 2.24) is 34.9 Å². The highest BCUT2D eigenvalue weighted by atomic mass is 16.5. The third-order valence-electron chi connectivity index (χ3n) is 4.25. The van der Waals surface area contributed by atoms with Crippen molar-refractivity contribution in [2.75, 3.05) is 7.11 Å². The van der Waals surface area contributed by atoms with Gasteiger partial charge >= 0.3 is 0 Å². The van der Waals surface area contributed by atoms with Crippen LogP contribution in [-0.4, -0.2) is 42.0 Å². The number of hydrogen-bond donors (Lipinski definition) is 0. The summed E-state index contributed by atoms with van der Waals surface area (Å²) in [5.41, 5.74) is 2.46. The van der Waals surface area contributed by atoms with E-state index in [1.807, 2.05) is 25.1 Å². The summed E-state index contributed by atoms with van der Waals surface area (Å²) in [6.45, 7) is 1.82. The lowest BCUT2D eigenvalue weighted by Gasteiger charge is -2.10. The fraction of sp³-hybridized carbons (Fsp3) is 0.111. The highest BCUT2D eigenvalue weighted by molar-refractivity contribution is 6.05. The van der Waals surface area contributed by atoms with Crippen molar-refractivity contribution in [1.29, 1.82) is 0 Å². The van der Waals surface area contributed by atoms with Gasteiger partial charge in [-0.2, -0.15) is 9.61 Å². The van der Waals surface area contributed by atoms with Gasteiger partial charge in [0.05, 0.1) is 18.2 Å². The van der Waals surface area contributed by atoms with E-state index in [0.717, 1.165) is 10.8 Å². The Hall–Kier alpha value is -3.88. The number of ether oxygens (including phenoxy) is 1. The second kappa shape index (κ2) is 5.84. The van der Waals surface area contributed by atoms with Gasteiger partial charge in [0.1, 0.15) is 23.5 Å². The van der Waals surface area contributed by atoms with Gasteiger partial charge < -0.3 is 9.26 Å². The molecule has 9 nitrogen and oxygen atoms in total. The lowest BCUT2D eigenvalue weighted by molar-refractivity contribution is 0.399. The standard InChI is InChI=1S/C18H13N7O2/c1-10-8-13(24-27-10)18-22-21-17-11-4-3-5-14(26-2)15(11)16(23-25(17)18)12-6-7-19-9-20-12/h3-9H,1-2H3. The summed E-state index contributed by atoms with van der Waals surface area (Å²) in [6.07, 6.45) is 3.15. The molecule has 0 radical (unpaired) electrons. The van der Waals surface area contributed by atoms with Gasteiger partial charge in [-0.1, -0.05) is 17.3 Å². The van der Waals surface area contributed by atoms with Crippen molar-refractivity contribution in [3.05, 3.63) is 48.6 Å². The highest BCUT2D eigenvalue weighted by Gasteiger charge is 2.21. The second-order valence-electron chi connectivity index (χ2n) is 5.91. The van der Waals surface area contributed by atoms with E-state index in [9.17, 15) is 0 Å². The van der Waals surface area contributed by atoms with Crippen LogP contribution >= 0.6 is 0 Å². The van der Waals surface area contributed by atoms with E-state index < -0.39 is 0 Å². The predicted molar refractivity (Wildman–Crippen MR) is 96.1 cm³/mol. The molecule has 132 valence electrons. The van der Waals surface area contributed by atoms with Gasteiger partial charge in [-0.05, 0) is 19.1 Å². The van der Waals surface area contributed by atoms with Crippen LogP contribution < -0.4 is 4.74 Å². The molecule has 0 aliphatic rings. The zero-order valence-electron chi connectivity index (χ0n) is 14.5. The van der Waals surface area contributed by atoms with Crippen LogP contribution in [0, 0.1) is 6.92 Å². The van der Waals surface area contributed by atoms with Crippen LogP contribution in [0.25, 0.3) is 39.3 Å². The summed E-state index contributed by atoms with van der Waals surface area (Å²) in [6, 6.07) is 9.32. The fourth-order valence-corrected chi connectivity index (χ4v) is 3.07. The summed E-state index contributed by atoms with van der Waals surface area (Å²) in [4.78, 5) is 8.34. The zero-order valence-corrected chi connectivity index (χ0v) is 14.5. The monoisotopic (exact) mass is 359 g/mol. The minimum absolute atomic E-state index is 0.488. The van der Waals surface area contributed by atoms with E-state index in [1.54, 1.807) is 30.0 Å². The Morgan fingerprint density at radius 1 is 1.11 bits per heavy atom. The molecule has 4 heterocycles. The first-order chi connectivity index (χ1) is 13.3. The molecular formula is C18H13N7O2. The van der Waals surface area contributed by atoms with Crippen molar-refractivity contribution in [2.24, 2.45) is 0 Å². The number of benzene rings is 1. The van der Waals surface area contributed by atoms with Crippen LogP contribution in [-0.2, 0) is 0 Å². The van der Waals surface area contributed by atoms with E-state index in [1.165, 1.54) is 6.33 Å². The Kier molecular flexibility index (Phi) is 3.32. The molecule has 5 rings (SSSR count). The third-order valence-corrected chi connectivity index (χ3v) is 4.25. The molecule has 0 N–H and O–H groups in total. The average Bonchev–Trinajstić information content (AvgIpc) is 3.33. The molecule has 0 saturated carbocycles. The summed E-state index contributed by atoms with van der Waals surface area (Å²) in [5, 5.41) is 19.1. The van der Waals surface area contributed by atoms with Gasteiger partial charge in [0.25, 0.3) is 0 Å². The van der Waals surface area contributed by atoms with E-state index in [2.05, 4.69) is 25.3 Å². The topological polar surface area (TPSA) is 104 Å². The highest BCUT2D eigenvalue weighted by Crippen LogP contribution is 2.35. The Morgan fingerprint density at radius 3 is 2.78 bits per heavy atom. The van der Waals surface area contributed by atoms with Crippen molar-refractivity contribution in [2.45, 2.75) is 6.92 Å². The van der Waals surface area contributed by atoms with Crippen LogP contribution in [0.3, 0.4) is 0 Å². The minimum atomic E-state index is 0.488. The molecule has 0 fully saturated rings. The van der Waals surface area contributed by atoms with Crippen LogP contribution in [0.4, 0.5) is 0 Å². The molecule has 0 saturated heterocycles. The summed E-state index contributed by atoms with van der Waals surface area (Å²) >= 11 is 0. The Bertz CT molecular complexity index is 1280. The molecule has 27 heavy (non-hydrogen) atoms. The molecule has 0 aliphatic heterocycles. The van der Waals surface area contributed by atoms with Crippen molar-refractivity contribution in [3.8, 4) is 28.7 Å². The number of aromatic nitrogens is 7. The Balaban J connectivity index is 1.92. The Labute approximate surface area is 152 Å². The molecule has 1 aromatic carbocycles. The predicted octanol–water partition coefficient (Wildman–Crippen LogP) is 2.71. The summed E-state index contributed by atoms with van der Waals surface area (Å²) in [7, 11) is 1.62. The average molecular weight is 359 g/mol. The van der Waals surface area contributed by atoms with E-state index in [4.69, 9.17) is 14.4 Å². The second-order valence-corrected chi connectivity index (χ2v) is 5.91. The maximum Gasteiger partial charge on any atom is 0.207 e. The van der Waals surface area contributed by atoms with Crippen molar-refractivity contribution in [3.63, 3.8) is 0 Å². The molecule has 9 heteroatoms. The van der Waals surface area contributed by atoms with E-state index in [0.29, 0.717) is 40.1 Å². The van der Waals surface area contributed by atoms with Crippen LogP contribution in [0.1, 0.15) is 5.76 Å². The minimum Gasteiger partial charge on any atom is -0.496 e. The van der Waals surface area contributed by atoms with Gasteiger partial charge in [0.15, 0.2) is 11.3 Å². The quantitative estimate of drug-likeness (QED) is 0.484. The van der Waals surface area contributed by atoms with Gasteiger partial charge in [0.2, 0.25) is 5.82 Å². The van der Waals surface area contributed by atoms with Crippen molar-refractivity contribution >= 4 is 16.4 Å². The van der Waals surface area contributed by atoms with Crippen LogP contribution in [0.2, 0.25) is 0 Å². The van der Waals surface area contributed by atoms with Crippen LogP contribution in [0.5, 0.6) is 5.75 Å². The maximum atomic E-state index is 5.57. The number of rotatable bonds is 3. The van der Waals surface area contributed by atoms with Gasteiger partial charge in [-0.25, -0.2) is 9.97 Å². The molecule has 0 aliphatic carbocycles. The Morgan fingerprint density at radius 2 is 2.04 bits per heavy atom. The molecule has 5 aromatic rings. The number of fused-ring (bicyclic) bond motifs is 3. The lowest BCUT2D eigenvalue weighted by atomic mass is 10.1. The lowest BCUT2D eigenvalue weighted by Crippen LogP contribution is -2.01. The molecule has 0 unspecified atom stereocenters.